The Balaban J connectivity index is 1.49. The van der Waals surface area contributed by atoms with Gasteiger partial charge in [0.1, 0.15) is 15.8 Å². The van der Waals surface area contributed by atoms with Crippen molar-refractivity contribution < 1.29 is 19.1 Å². The van der Waals surface area contributed by atoms with E-state index in [2.05, 4.69) is 5.32 Å². The number of amides is 2. The quantitative estimate of drug-likeness (QED) is 0.435. The van der Waals surface area contributed by atoms with E-state index in [9.17, 15) is 9.59 Å². The van der Waals surface area contributed by atoms with Gasteiger partial charge in [0.05, 0.1) is 18.6 Å². The molecule has 0 aliphatic carbocycles. The number of carbonyl (C=O) groups is 2. The predicted molar refractivity (Wildman–Crippen MR) is 128 cm³/mol. The monoisotopic (exact) mass is 456 g/mol. The van der Waals surface area contributed by atoms with Gasteiger partial charge < -0.3 is 14.8 Å². The molecule has 162 valence electrons. The summed E-state index contributed by atoms with van der Waals surface area (Å²) in [6.45, 7) is 2.92. The maximum Gasteiger partial charge on any atom is 0.266 e. The molecule has 2 aromatic rings. The van der Waals surface area contributed by atoms with E-state index in [1.54, 1.807) is 24.1 Å². The number of benzene rings is 2. The minimum absolute atomic E-state index is 0.108. The lowest BCUT2D eigenvalue weighted by Crippen LogP contribution is -2.29. The van der Waals surface area contributed by atoms with E-state index >= 15 is 0 Å². The van der Waals surface area contributed by atoms with Gasteiger partial charge in [-0.3, -0.25) is 14.5 Å². The summed E-state index contributed by atoms with van der Waals surface area (Å²) in [5.74, 6) is 1.28. The molecule has 31 heavy (non-hydrogen) atoms. The van der Waals surface area contributed by atoms with E-state index < -0.39 is 0 Å². The van der Waals surface area contributed by atoms with E-state index in [0.717, 1.165) is 17.1 Å². The van der Waals surface area contributed by atoms with Crippen LogP contribution >= 0.6 is 24.0 Å². The second-order valence-corrected chi connectivity index (χ2v) is 8.39. The number of carbonyl (C=O) groups excluding carboxylic acids is 2. The fourth-order valence-corrected chi connectivity index (χ4v) is 4.28. The van der Waals surface area contributed by atoms with Crippen LogP contribution in [0.15, 0.2) is 53.4 Å². The zero-order valence-corrected chi connectivity index (χ0v) is 19.1. The fraction of sp³-hybridized carbons (Fsp3) is 0.261. The molecule has 1 aliphatic heterocycles. The Morgan fingerprint density at radius 2 is 1.81 bits per heavy atom. The van der Waals surface area contributed by atoms with Crippen LogP contribution in [0.4, 0.5) is 5.69 Å². The molecule has 0 aromatic heterocycles. The van der Waals surface area contributed by atoms with E-state index in [0.29, 0.717) is 40.9 Å². The first-order chi connectivity index (χ1) is 15.0. The van der Waals surface area contributed by atoms with Crippen LogP contribution in [0.25, 0.3) is 6.08 Å². The number of thiocarbonyl (C=S) groups is 1. The molecule has 1 heterocycles. The van der Waals surface area contributed by atoms with E-state index in [1.165, 1.54) is 11.8 Å². The number of hydrogen-bond donors (Lipinski definition) is 1. The van der Waals surface area contributed by atoms with Crippen LogP contribution in [-0.2, 0) is 9.59 Å². The molecule has 1 aliphatic rings. The molecule has 1 saturated heterocycles. The second kappa shape index (κ2) is 11.0. The number of anilines is 1. The summed E-state index contributed by atoms with van der Waals surface area (Å²) < 4.78 is 11.1. The van der Waals surface area contributed by atoms with Crippen molar-refractivity contribution in [2.75, 3.05) is 25.6 Å². The minimum Gasteiger partial charge on any atom is -0.497 e. The Morgan fingerprint density at radius 1 is 1.13 bits per heavy atom. The van der Waals surface area contributed by atoms with Gasteiger partial charge >= 0.3 is 0 Å². The van der Waals surface area contributed by atoms with Gasteiger partial charge in [0.25, 0.3) is 5.91 Å². The molecule has 0 bridgehead atoms. The van der Waals surface area contributed by atoms with Crippen molar-refractivity contribution in [1.82, 2.24) is 4.90 Å². The Labute approximate surface area is 191 Å². The first-order valence-electron chi connectivity index (χ1n) is 9.92. The van der Waals surface area contributed by atoms with Gasteiger partial charge in [0.2, 0.25) is 5.91 Å². The second-order valence-electron chi connectivity index (χ2n) is 6.72. The van der Waals surface area contributed by atoms with Crippen molar-refractivity contribution in [2.45, 2.75) is 19.8 Å². The Bertz CT molecular complexity index is 972. The fourth-order valence-electron chi connectivity index (χ4n) is 2.97. The van der Waals surface area contributed by atoms with Gasteiger partial charge in [-0.25, -0.2) is 0 Å². The molecule has 0 spiro atoms. The SMILES string of the molecule is CCOc1ccc(NC(=O)CCCN2C(=O)/C(=C/c3ccc(OC)cc3)SC2=S)cc1. The van der Waals surface area contributed by atoms with Crippen molar-refractivity contribution in [3.63, 3.8) is 0 Å². The Morgan fingerprint density at radius 3 is 2.45 bits per heavy atom. The molecule has 8 heteroatoms. The number of nitrogens with zero attached hydrogens (tertiary/aromatic N) is 1. The molecule has 2 aromatic carbocycles. The highest BCUT2D eigenvalue weighted by Gasteiger charge is 2.31. The van der Waals surface area contributed by atoms with E-state index in [4.69, 9.17) is 21.7 Å². The first kappa shape index (κ1) is 22.8. The smallest absolute Gasteiger partial charge is 0.266 e. The molecule has 1 N–H and O–H groups in total. The molecule has 0 saturated carbocycles. The molecule has 3 rings (SSSR count). The molecule has 1 fully saturated rings. The van der Waals surface area contributed by atoms with Crippen molar-refractivity contribution >= 4 is 51.9 Å². The van der Waals surface area contributed by atoms with Crippen molar-refractivity contribution in [3.8, 4) is 11.5 Å². The lowest BCUT2D eigenvalue weighted by molar-refractivity contribution is -0.122. The van der Waals surface area contributed by atoms with Gasteiger partial charge in [0.15, 0.2) is 0 Å². The van der Waals surface area contributed by atoms with Gasteiger partial charge in [-0.05, 0) is 61.4 Å². The maximum atomic E-state index is 12.7. The molecular weight excluding hydrogens is 432 g/mol. The normalized spacial score (nSPS) is 14.8. The summed E-state index contributed by atoms with van der Waals surface area (Å²) in [6, 6.07) is 14.7. The third kappa shape index (κ3) is 6.32. The lowest BCUT2D eigenvalue weighted by Gasteiger charge is -2.14. The van der Waals surface area contributed by atoms with Crippen LogP contribution in [0.1, 0.15) is 25.3 Å². The summed E-state index contributed by atoms with van der Waals surface area (Å²) in [5.41, 5.74) is 1.61. The molecule has 0 unspecified atom stereocenters. The summed E-state index contributed by atoms with van der Waals surface area (Å²) in [6.07, 6.45) is 2.63. The Hall–Kier alpha value is -2.84. The lowest BCUT2D eigenvalue weighted by atomic mass is 10.2. The average molecular weight is 457 g/mol. The van der Waals surface area contributed by atoms with Crippen molar-refractivity contribution in [2.24, 2.45) is 0 Å². The number of ether oxygens (including phenoxy) is 2. The predicted octanol–water partition coefficient (Wildman–Crippen LogP) is 4.71. The maximum absolute atomic E-state index is 12.7. The summed E-state index contributed by atoms with van der Waals surface area (Å²) in [4.78, 5) is 27.1. The highest BCUT2D eigenvalue weighted by Crippen LogP contribution is 2.33. The van der Waals surface area contributed by atoms with Gasteiger partial charge in [0, 0.05) is 18.7 Å². The molecular formula is C23H24N2O4S2. The third-order valence-corrected chi connectivity index (χ3v) is 5.90. The summed E-state index contributed by atoms with van der Waals surface area (Å²) >= 11 is 6.64. The van der Waals surface area contributed by atoms with Gasteiger partial charge in [-0.15, -0.1) is 0 Å². The molecule has 0 radical (unpaired) electrons. The standard InChI is InChI=1S/C23H24N2O4S2/c1-3-29-19-12-8-17(9-13-19)24-21(26)5-4-14-25-22(27)20(31-23(25)30)15-16-6-10-18(28-2)11-7-16/h6-13,15H,3-5,14H2,1-2H3,(H,24,26)/b20-15-. The molecule has 0 atom stereocenters. The Kier molecular flexibility index (Phi) is 8.08. The van der Waals surface area contributed by atoms with Crippen LogP contribution < -0.4 is 14.8 Å². The third-order valence-electron chi connectivity index (χ3n) is 4.52. The van der Waals surface area contributed by atoms with Gasteiger partial charge in [-0.2, -0.15) is 0 Å². The van der Waals surface area contributed by atoms with Crippen LogP contribution in [-0.4, -0.2) is 41.3 Å². The van der Waals surface area contributed by atoms with Crippen molar-refractivity contribution in [3.05, 3.63) is 59.0 Å². The van der Waals surface area contributed by atoms with Crippen molar-refractivity contribution in [1.29, 1.82) is 0 Å². The molecule has 6 nitrogen and oxygen atoms in total. The largest absolute Gasteiger partial charge is 0.497 e. The molecule has 2 amide bonds. The highest BCUT2D eigenvalue weighted by atomic mass is 32.2. The highest BCUT2D eigenvalue weighted by molar-refractivity contribution is 8.26. The number of thioether (sulfide) groups is 1. The number of nitrogens with one attached hydrogen (secondary N) is 1. The van der Waals surface area contributed by atoms with Crippen LogP contribution in [0.3, 0.4) is 0 Å². The minimum atomic E-state index is -0.127. The summed E-state index contributed by atoms with van der Waals surface area (Å²) in [5, 5.41) is 2.85. The zero-order valence-electron chi connectivity index (χ0n) is 17.4. The van der Waals surface area contributed by atoms with Gasteiger partial charge in [-0.1, -0.05) is 36.1 Å². The first-order valence-corrected chi connectivity index (χ1v) is 11.1. The van der Waals surface area contributed by atoms with Crippen LogP contribution in [0, 0.1) is 0 Å². The zero-order chi connectivity index (χ0) is 22.2. The number of methoxy groups -OCH3 is 1. The number of rotatable bonds is 9. The van der Waals surface area contributed by atoms with E-state index in [1.807, 2.05) is 49.4 Å². The van der Waals surface area contributed by atoms with E-state index in [-0.39, 0.29) is 11.8 Å². The topological polar surface area (TPSA) is 67.9 Å². The summed E-state index contributed by atoms with van der Waals surface area (Å²) in [7, 11) is 1.61. The average Bonchev–Trinajstić information content (AvgIpc) is 3.03. The number of hydrogen-bond acceptors (Lipinski definition) is 6. The van der Waals surface area contributed by atoms with Crippen LogP contribution in [0.2, 0.25) is 0 Å². The van der Waals surface area contributed by atoms with Crippen LogP contribution in [0.5, 0.6) is 11.5 Å².